The highest BCUT2D eigenvalue weighted by molar-refractivity contribution is 4.91. The van der Waals surface area contributed by atoms with Gasteiger partial charge >= 0.3 is 0 Å². The standard InChI is InChI=1S/C13H26N2O/c1-14-10-13(5-2-3-6-13)11-15-7-4-12(8-15)9-16/h12,14,16H,2-11H2,1H3. The van der Waals surface area contributed by atoms with Gasteiger partial charge in [-0.05, 0) is 44.2 Å². The van der Waals surface area contributed by atoms with E-state index in [1.165, 1.54) is 45.2 Å². The number of aliphatic hydroxyl groups is 1. The number of likely N-dealkylation sites (tertiary alicyclic amines) is 1. The Morgan fingerprint density at radius 3 is 2.69 bits per heavy atom. The Hall–Kier alpha value is -0.120. The van der Waals surface area contributed by atoms with Crippen LogP contribution in [0, 0.1) is 11.3 Å². The minimum absolute atomic E-state index is 0.371. The highest BCUT2D eigenvalue weighted by Crippen LogP contribution is 2.39. The van der Waals surface area contributed by atoms with E-state index in [9.17, 15) is 5.11 Å². The Morgan fingerprint density at radius 1 is 1.38 bits per heavy atom. The number of hydrogen-bond donors (Lipinski definition) is 2. The molecule has 2 aliphatic rings. The van der Waals surface area contributed by atoms with Crippen LogP contribution in [0.25, 0.3) is 0 Å². The summed E-state index contributed by atoms with van der Waals surface area (Å²) < 4.78 is 0. The maximum absolute atomic E-state index is 9.17. The molecule has 1 unspecified atom stereocenters. The molecule has 2 N–H and O–H groups in total. The Morgan fingerprint density at radius 2 is 2.12 bits per heavy atom. The lowest BCUT2D eigenvalue weighted by molar-refractivity contribution is 0.161. The van der Waals surface area contributed by atoms with Gasteiger partial charge in [0.1, 0.15) is 0 Å². The molecule has 2 rings (SSSR count). The number of nitrogens with one attached hydrogen (secondary N) is 1. The molecule has 1 aliphatic carbocycles. The SMILES string of the molecule is CNCC1(CN2CCC(CO)C2)CCCC1. The summed E-state index contributed by atoms with van der Waals surface area (Å²) in [5.41, 5.74) is 0.527. The van der Waals surface area contributed by atoms with Gasteiger partial charge in [-0.15, -0.1) is 0 Å². The Labute approximate surface area is 99.2 Å². The van der Waals surface area contributed by atoms with E-state index in [-0.39, 0.29) is 0 Å². The van der Waals surface area contributed by atoms with Crippen LogP contribution in [0.1, 0.15) is 32.1 Å². The first-order chi connectivity index (χ1) is 7.78. The van der Waals surface area contributed by atoms with Gasteiger partial charge in [-0.1, -0.05) is 12.8 Å². The first kappa shape index (κ1) is 12.3. The first-order valence-corrected chi connectivity index (χ1v) is 6.76. The number of aliphatic hydroxyl groups excluding tert-OH is 1. The molecule has 1 atom stereocenters. The lowest BCUT2D eigenvalue weighted by atomic mass is 9.85. The van der Waals surface area contributed by atoms with Crippen LogP contribution >= 0.6 is 0 Å². The van der Waals surface area contributed by atoms with Crippen molar-refractivity contribution in [1.82, 2.24) is 10.2 Å². The van der Waals surface area contributed by atoms with Crippen LogP contribution in [-0.4, -0.2) is 49.8 Å². The Bertz CT molecular complexity index is 214. The van der Waals surface area contributed by atoms with Crippen molar-refractivity contribution >= 4 is 0 Å². The van der Waals surface area contributed by atoms with Crippen molar-refractivity contribution in [3.63, 3.8) is 0 Å². The second kappa shape index (κ2) is 5.48. The second-order valence-electron chi connectivity index (χ2n) is 5.81. The normalized spacial score (nSPS) is 30.0. The lowest BCUT2D eigenvalue weighted by Gasteiger charge is -2.33. The van der Waals surface area contributed by atoms with Gasteiger partial charge in [0.15, 0.2) is 0 Å². The van der Waals surface area contributed by atoms with Gasteiger partial charge in [-0.25, -0.2) is 0 Å². The van der Waals surface area contributed by atoms with Gasteiger partial charge in [-0.3, -0.25) is 0 Å². The molecule has 1 saturated heterocycles. The summed E-state index contributed by atoms with van der Waals surface area (Å²) in [4.78, 5) is 2.57. The van der Waals surface area contributed by atoms with Crippen LogP contribution in [0.4, 0.5) is 0 Å². The smallest absolute Gasteiger partial charge is 0.0471 e. The van der Waals surface area contributed by atoms with Crippen molar-refractivity contribution < 1.29 is 5.11 Å². The second-order valence-corrected chi connectivity index (χ2v) is 5.81. The molecule has 0 spiro atoms. The summed E-state index contributed by atoms with van der Waals surface area (Å²) in [5.74, 6) is 0.535. The fourth-order valence-corrected chi connectivity index (χ4v) is 3.57. The molecule has 1 aliphatic heterocycles. The van der Waals surface area contributed by atoms with Gasteiger partial charge in [-0.2, -0.15) is 0 Å². The van der Waals surface area contributed by atoms with Crippen molar-refractivity contribution in [1.29, 1.82) is 0 Å². The molecule has 16 heavy (non-hydrogen) atoms. The van der Waals surface area contributed by atoms with Crippen LogP contribution in [0.3, 0.4) is 0 Å². The topological polar surface area (TPSA) is 35.5 Å². The first-order valence-electron chi connectivity index (χ1n) is 6.76. The number of nitrogens with zero attached hydrogens (tertiary/aromatic N) is 1. The van der Waals surface area contributed by atoms with Crippen LogP contribution in [0.5, 0.6) is 0 Å². The molecule has 0 radical (unpaired) electrons. The van der Waals surface area contributed by atoms with E-state index in [2.05, 4.69) is 17.3 Å². The summed E-state index contributed by atoms with van der Waals surface area (Å²) in [6, 6.07) is 0. The highest BCUT2D eigenvalue weighted by atomic mass is 16.3. The number of rotatable bonds is 5. The van der Waals surface area contributed by atoms with Crippen molar-refractivity contribution in [2.24, 2.45) is 11.3 Å². The molecule has 94 valence electrons. The number of hydrogen-bond acceptors (Lipinski definition) is 3. The average Bonchev–Trinajstić information content (AvgIpc) is 2.89. The van der Waals surface area contributed by atoms with Gasteiger partial charge in [0.25, 0.3) is 0 Å². The molecule has 2 fully saturated rings. The monoisotopic (exact) mass is 226 g/mol. The fraction of sp³-hybridized carbons (Fsp3) is 1.00. The van der Waals surface area contributed by atoms with E-state index in [1.54, 1.807) is 0 Å². The van der Waals surface area contributed by atoms with Crippen molar-refractivity contribution in [3.8, 4) is 0 Å². The highest BCUT2D eigenvalue weighted by Gasteiger charge is 2.36. The summed E-state index contributed by atoms with van der Waals surface area (Å²) >= 11 is 0. The summed E-state index contributed by atoms with van der Waals surface area (Å²) in [6.07, 6.45) is 6.76. The molecule has 0 aromatic heterocycles. The van der Waals surface area contributed by atoms with Gasteiger partial charge in [0.05, 0.1) is 0 Å². The predicted molar refractivity (Wildman–Crippen MR) is 66.5 cm³/mol. The zero-order valence-electron chi connectivity index (χ0n) is 10.5. The summed E-state index contributed by atoms with van der Waals surface area (Å²) in [5, 5.41) is 12.5. The van der Waals surface area contributed by atoms with E-state index in [0.29, 0.717) is 17.9 Å². The third-order valence-electron chi connectivity index (χ3n) is 4.40. The van der Waals surface area contributed by atoms with Crippen molar-refractivity contribution in [2.45, 2.75) is 32.1 Å². The largest absolute Gasteiger partial charge is 0.396 e. The molecular formula is C13H26N2O. The van der Waals surface area contributed by atoms with Gasteiger partial charge < -0.3 is 15.3 Å². The minimum Gasteiger partial charge on any atom is -0.396 e. The van der Waals surface area contributed by atoms with Crippen molar-refractivity contribution in [2.75, 3.05) is 39.8 Å². The van der Waals surface area contributed by atoms with Crippen LogP contribution in [0.2, 0.25) is 0 Å². The molecule has 3 nitrogen and oxygen atoms in total. The Balaban J connectivity index is 1.86. The summed E-state index contributed by atoms with van der Waals surface area (Å²) in [6.45, 7) is 5.08. The maximum Gasteiger partial charge on any atom is 0.0471 e. The van der Waals surface area contributed by atoms with E-state index >= 15 is 0 Å². The fourth-order valence-electron chi connectivity index (χ4n) is 3.57. The molecular weight excluding hydrogens is 200 g/mol. The van der Waals surface area contributed by atoms with E-state index in [0.717, 1.165) is 13.1 Å². The molecule has 1 saturated carbocycles. The zero-order chi connectivity index (χ0) is 11.4. The molecule has 0 bridgehead atoms. The zero-order valence-corrected chi connectivity index (χ0v) is 10.5. The predicted octanol–water partition coefficient (Wildman–Crippen LogP) is 1.08. The minimum atomic E-state index is 0.371. The molecule has 1 heterocycles. The van der Waals surface area contributed by atoms with E-state index in [4.69, 9.17) is 0 Å². The molecule has 3 heteroatoms. The molecule has 0 aromatic rings. The quantitative estimate of drug-likeness (QED) is 0.736. The molecule has 0 amide bonds. The van der Waals surface area contributed by atoms with E-state index < -0.39 is 0 Å². The van der Waals surface area contributed by atoms with Gasteiger partial charge in [0.2, 0.25) is 0 Å². The lowest BCUT2D eigenvalue weighted by Crippen LogP contribution is -2.41. The van der Waals surface area contributed by atoms with Crippen molar-refractivity contribution in [3.05, 3.63) is 0 Å². The van der Waals surface area contributed by atoms with Crippen LogP contribution in [0.15, 0.2) is 0 Å². The third kappa shape index (κ3) is 2.76. The summed E-state index contributed by atoms with van der Waals surface area (Å²) in [7, 11) is 2.07. The van der Waals surface area contributed by atoms with Gasteiger partial charge in [0, 0.05) is 26.2 Å². The average molecular weight is 226 g/mol. The maximum atomic E-state index is 9.17. The van der Waals surface area contributed by atoms with E-state index in [1.807, 2.05) is 0 Å². The Kier molecular flexibility index (Phi) is 4.22. The third-order valence-corrected chi connectivity index (χ3v) is 4.40. The van der Waals surface area contributed by atoms with Crippen LogP contribution in [-0.2, 0) is 0 Å². The van der Waals surface area contributed by atoms with Crippen LogP contribution < -0.4 is 5.32 Å². The molecule has 0 aromatic carbocycles.